The van der Waals surface area contributed by atoms with Crippen LogP contribution in [0.25, 0.3) is 11.0 Å². The van der Waals surface area contributed by atoms with Gasteiger partial charge in [0, 0.05) is 44.3 Å². The molecule has 1 aliphatic heterocycles. The average Bonchev–Trinajstić information content (AvgIpc) is 3.07. The van der Waals surface area contributed by atoms with Gasteiger partial charge in [-0.1, -0.05) is 6.07 Å². The maximum atomic E-state index is 4.40. The Hall–Kier alpha value is -2.47. The first-order valence-electron chi connectivity index (χ1n) is 8.04. The fraction of sp³-hybridized carbons (Fsp3) is 0.353. The number of anilines is 1. The Morgan fingerprint density at radius 2 is 2.13 bits per heavy atom. The molecule has 3 aromatic heterocycles. The first kappa shape index (κ1) is 14.1. The molecule has 118 valence electrons. The Morgan fingerprint density at radius 1 is 1.22 bits per heavy atom. The predicted molar refractivity (Wildman–Crippen MR) is 90.0 cm³/mol. The van der Waals surface area contributed by atoms with Crippen molar-refractivity contribution in [2.45, 2.75) is 25.4 Å². The summed E-state index contributed by atoms with van der Waals surface area (Å²) in [5.74, 6) is 0.932. The molecule has 1 saturated heterocycles. The second-order valence-corrected chi connectivity index (χ2v) is 6.02. The van der Waals surface area contributed by atoms with Crippen LogP contribution in [0.1, 0.15) is 18.4 Å². The van der Waals surface area contributed by atoms with Crippen LogP contribution in [0, 0.1) is 0 Å². The first-order chi connectivity index (χ1) is 11.4. The summed E-state index contributed by atoms with van der Waals surface area (Å²) in [6.45, 7) is 3.16. The number of fused-ring (bicyclic) bond motifs is 1. The topological polar surface area (TPSA) is 69.7 Å². The van der Waals surface area contributed by atoms with Crippen molar-refractivity contribution in [3.05, 3.63) is 48.7 Å². The van der Waals surface area contributed by atoms with Gasteiger partial charge in [-0.15, -0.1) is 0 Å². The van der Waals surface area contributed by atoms with E-state index in [9.17, 15) is 0 Å². The summed E-state index contributed by atoms with van der Waals surface area (Å²) in [6, 6.07) is 6.63. The Morgan fingerprint density at radius 3 is 2.96 bits per heavy atom. The molecule has 6 heteroatoms. The average molecular weight is 308 g/mol. The quantitative estimate of drug-likeness (QED) is 0.774. The van der Waals surface area contributed by atoms with Gasteiger partial charge in [-0.3, -0.25) is 9.88 Å². The van der Waals surface area contributed by atoms with Gasteiger partial charge in [-0.05, 0) is 30.5 Å². The third-order valence-electron chi connectivity index (χ3n) is 4.41. The summed E-state index contributed by atoms with van der Waals surface area (Å²) in [4.78, 5) is 18.4. The van der Waals surface area contributed by atoms with Crippen molar-refractivity contribution in [3.8, 4) is 0 Å². The van der Waals surface area contributed by atoms with Gasteiger partial charge in [0.25, 0.3) is 0 Å². The molecule has 0 saturated carbocycles. The molecule has 2 N–H and O–H groups in total. The van der Waals surface area contributed by atoms with Crippen LogP contribution < -0.4 is 5.32 Å². The monoisotopic (exact) mass is 308 g/mol. The maximum absolute atomic E-state index is 4.40. The largest absolute Gasteiger partial charge is 0.367 e. The molecular formula is C17H20N6. The molecule has 4 rings (SSSR count). The second-order valence-electron chi connectivity index (χ2n) is 6.02. The Kier molecular flexibility index (Phi) is 3.90. The summed E-state index contributed by atoms with van der Waals surface area (Å²) >= 11 is 0. The predicted octanol–water partition coefficient (Wildman–Crippen LogP) is 2.43. The van der Waals surface area contributed by atoms with Crippen molar-refractivity contribution in [2.24, 2.45) is 0 Å². The van der Waals surface area contributed by atoms with Gasteiger partial charge in [0.15, 0.2) is 0 Å². The van der Waals surface area contributed by atoms with Gasteiger partial charge < -0.3 is 10.3 Å². The SMILES string of the molecule is c1cncc(CN2CCC(Nc3ncnc4[nH]ccc34)CC2)c1. The highest BCUT2D eigenvalue weighted by molar-refractivity contribution is 5.86. The van der Waals surface area contributed by atoms with E-state index in [0.29, 0.717) is 6.04 Å². The van der Waals surface area contributed by atoms with Crippen LogP contribution in [0.15, 0.2) is 43.1 Å². The summed E-state index contributed by atoms with van der Waals surface area (Å²) in [5, 5.41) is 4.64. The van der Waals surface area contributed by atoms with Gasteiger partial charge in [0.05, 0.1) is 5.39 Å². The Balaban J connectivity index is 1.36. The van der Waals surface area contributed by atoms with Crippen LogP contribution in [-0.4, -0.2) is 44.0 Å². The van der Waals surface area contributed by atoms with Crippen molar-refractivity contribution in [1.29, 1.82) is 0 Å². The molecule has 0 radical (unpaired) electrons. The van der Waals surface area contributed by atoms with E-state index in [-0.39, 0.29) is 0 Å². The molecule has 1 aliphatic rings. The maximum Gasteiger partial charge on any atom is 0.142 e. The van der Waals surface area contributed by atoms with Gasteiger partial charge in [-0.2, -0.15) is 0 Å². The van der Waals surface area contributed by atoms with E-state index in [0.717, 1.165) is 49.3 Å². The number of aromatic nitrogens is 4. The molecule has 3 aromatic rings. The first-order valence-corrected chi connectivity index (χ1v) is 8.04. The lowest BCUT2D eigenvalue weighted by Gasteiger charge is -2.32. The van der Waals surface area contributed by atoms with Crippen molar-refractivity contribution >= 4 is 16.9 Å². The molecular weight excluding hydrogens is 288 g/mol. The Bertz CT molecular complexity index is 761. The summed E-state index contributed by atoms with van der Waals surface area (Å²) in [7, 11) is 0. The number of aromatic amines is 1. The normalized spacial score (nSPS) is 16.7. The highest BCUT2D eigenvalue weighted by atomic mass is 15.2. The molecule has 0 spiro atoms. The second kappa shape index (κ2) is 6.34. The highest BCUT2D eigenvalue weighted by Gasteiger charge is 2.20. The fourth-order valence-electron chi connectivity index (χ4n) is 3.17. The number of nitrogens with one attached hydrogen (secondary N) is 2. The molecule has 0 aromatic carbocycles. The van der Waals surface area contributed by atoms with E-state index in [1.54, 1.807) is 6.33 Å². The summed E-state index contributed by atoms with van der Waals surface area (Å²) in [6.07, 6.45) is 9.53. The van der Waals surface area contributed by atoms with Crippen LogP contribution in [0.2, 0.25) is 0 Å². The van der Waals surface area contributed by atoms with Crippen molar-refractivity contribution in [1.82, 2.24) is 24.8 Å². The van der Waals surface area contributed by atoms with E-state index >= 15 is 0 Å². The molecule has 1 fully saturated rings. The number of rotatable bonds is 4. The summed E-state index contributed by atoms with van der Waals surface area (Å²) < 4.78 is 0. The highest BCUT2D eigenvalue weighted by Crippen LogP contribution is 2.22. The van der Waals surface area contributed by atoms with Crippen LogP contribution in [-0.2, 0) is 6.54 Å². The van der Waals surface area contributed by atoms with E-state index in [4.69, 9.17) is 0 Å². The lowest BCUT2D eigenvalue weighted by Crippen LogP contribution is -2.38. The summed E-state index contributed by atoms with van der Waals surface area (Å²) in [5.41, 5.74) is 2.17. The van der Waals surface area contributed by atoms with Crippen molar-refractivity contribution < 1.29 is 0 Å². The van der Waals surface area contributed by atoms with E-state index in [1.807, 2.05) is 30.7 Å². The molecule has 0 atom stereocenters. The zero-order valence-electron chi connectivity index (χ0n) is 12.9. The van der Waals surface area contributed by atoms with E-state index < -0.39 is 0 Å². The molecule has 0 unspecified atom stereocenters. The van der Waals surface area contributed by atoms with Crippen molar-refractivity contribution in [3.63, 3.8) is 0 Å². The Labute approximate surface area is 135 Å². The minimum atomic E-state index is 0.466. The molecule has 4 heterocycles. The molecule has 0 bridgehead atoms. The van der Waals surface area contributed by atoms with E-state index in [1.165, 1.54) is 5.56 Å². The van der Waals surface area contributed by atoms with Gasteiger partial charge in [0.2, 0.25) is 0 Å². The number of hydrogen-bond acceptors (Lipinski definition) is 5. The van der Waals surface area contributed by atoms with Gasteiger partial charge in [0.1, 0.15) is 17.8 Å². The number of pyridine rings is 1. The lowest BCUT2D eigenvalue weighted by atomic mass is 10.0. The molecule has 23 heavy (non-hydrogen) atoms. The zero-order valence-corrected chi connectivity index (χ0v) is 12.9. The van der Waals surface area contributed by atoms with E-state index in [2.05, 4.69) is 36.2 Å². The minimum absolute atomic E-state index is 0.466. The standard InChI is InChI=1S/C17H20N6/c1-2-13(10-18-6-1)11-23-8-4-14(5-9-23)22-17-15-3-7-19-16(15)20-12-21-17/h1-3,6-7,10,12,14H,4-5,8-9,11H2,(H2,19,20,21,22). The number of hydrogen-bond donors (Lipinski definition) is 2. The lowest BCUT2D eigenvalue weighted by molar-refractivity contribution is 0.211. The van der Waals surface area contributed by atoms with Crippen LogP contribution >= 0.6 is 0 Å². The smallest absolute Gasteiger partial charge is 0.142 e. The van der Waals surface area contributed by atoms with Crippen LogP contribution in [0.3, 0.4) is 0 Å². The van der Waals surface area contributed by atoms with Gasteiger partial charge in [-0.25, -0.2) is 9.97 Å². The number of piperidine rings is 1. The van der Waals surface area contributed by atoms with Gasteiger partial charge >= 0.3 is 0 Å². The third kappa shape index (κ3) is 3.17. The molecule has 0 amide bonds. The number of nitrogens with zero attached hydrogens (tertiary/aromatic N) is 4. The van der Waals surface area contributed by atoms with Crippen LogP contribution in [0.5, 0.6) is 0 Å². The molecule has 0 aliphatic carbocycles. The number of likely N-dealkylation sites (tertiary alicyclic amines) is 1. The fourth-order valence-corrected chi connectivity index (χ4v) is 3.17. The van der Waals surface area contributed by atoms with Crippen LogP contribution in [0.4, 0.5) is 5.82 Å². The minimum Gasteiger partial charge on any atom is -0.367 e. The zero-order chi connectivity index (χ0) is 15.5. The number of H-pyrrole nitrogens is 1. The third-order valence-corrected chi connectivity index (χ3v) is 4.41. The van der Waals surface area contributed by atoms with Crippen molar-refractivity contribution in [2.75, 3.05) is 18.4 Å². The molecule has 6 nitrogen and oxygen atoms in total.